The van der Waals surface area contributed by atoms with Gasteiger partial charge in [-0.2, -0.15) is 9.40 Å². The minimum absolute atomic E-state index is 0.363. The second-order valence-electron chi connectivity index (χ2n) is 5.81. The highest BCUT2D eigenvalue weighted by atomic mass is 32.2. The number of nitrogens with zero attached hydrogens (tertiary/aromatic N) is 3. The molecule has 0 radical (unpaired) electrons. The first-order chi connectivity index (χ1) is 9.50. The summed E-state index contributed by atoms with van der Waals surface area (Å²) in [6.45, 7) is 6.68. The maximum absolute atomic E-state index is 12.8. The maximum Gasteiger partial charge on any atom is 0.246 e. The van der Waals surface area contributed by atoms with Gasteiger partial charge in [0.15, 0.2) is 0 Å². The molecule has 0 saturated carbocycles. The number of sulfonamides is 1. The van der Waals surface area contributed by atoms with Crippen LogP contribution in [0, 0.1) is 13.8 Å². The number of piperidine rings is 1. The van der Waals surface area contributed by atoms with Crippen LogP contribution < -0.4 is 0 Å². The van der Waals surface area contributed by atoms with Crippen molar-refractivity contribution in [2.24, 2.45) is 0 Å². The van der Waals surface area contributed by atoms with Crippen molar-refractivity contribution in [3.8, 4) is 0 Å². The van der Waals surface area contributed by atoms with E-state index in [1.165, 1.54) is 12.8 Å². The van der Waals surface area contributed by atoms with Crippen molar-refractivity contribution in [3.63, 3.8) is 0 Å². The number of hydrogen-bond acceptors (Lipinski definition) is 4. The lowest BCUT2D eigenvalue weighted by atomic mass is 10.0. The summed E-state index contributed by atoms with van der Waals surface area (Å²) < 4.78 is 27.3. The molecule has 2 aliphatic heterocycles. The number of aromatic nitrogens is 2. The van der Waals surface area contributed by atoms with E-state index in [1.807, 2.05) is 0 Å². The van der Waals surface area contributed by atoms with Gasteiger partial charge in [0.1, 0.15) is 4.90 Å². The van der Waals surface area contributed by atoms with Gasteiger partial charge in [-0.1, -0.05) is 6.42 Å². The molecule has 0 aliphatic carbocycles. The Morgan fingerprint density at radius 3 is 2.70 bits per heavy atom. The lowest BCUT2D eigenvalue weighted by Crippen LogP contribution is -2.56. The molecule has 1 aromatic heterocycles. The van der Waals surface area contributed by atoms with E-state index in [9.17, 15) is 8.42 Å². The summed E-state index contributed by atoms with van der Waals surface area (Å²) in [5.74, 6) is 0. The van der Waals surface area contributed by atoms with Gasteiger partial charge >= 0.3 is 0 Å². The van der Waals surface area contributed by atoms with E-state index in [4.69, 9.17) is 0 Å². The molecular weight excluding hydrogens is 276 g/mol. The van der Waals surface area contributed by atoms with Crippen LogP contribution in [0.5, 0.6) is 0 Å². The predicted octanol–water partition coefficient (Wildman–Crippen LogP) is 0.885. The summed E-state index contributed by atoms with van der Waals surface area (Å²) in [6, 6.07) is 0.389. The maximum atomic E-state index is 12.8. The largest absolute Gasteiger partial charge is 0.298 e. The first kappa shape index (κ1) is 14.0. The number of hydrogen-bond donors (Lipinski definition) is 1. The Kier molecular flexibility index (Phi) is 3.60. The molecule has 0 amide bonds. The fraction of sp³-hybridized carbons (Fsp3) is 0.769. The summed E-state index contributed by atoms with van der Waals surface area (Å²) in [7, 11) is -3.42. The van der Waals surface area contributed by atoms with Crippen molar-refractivity contribution in [1.29, 1.82) is 0 Å². The smallest absolute Gasteiger partial charge is 0.246 e. The number of H-pyrrole nitrogens is 1. The number of aromatic amines is 1. The minimum Gasteiger partial charge on any atom is -0.298 e. The molecule has 20 heavy (non-hydrogen) atoms. The first-order valence-electron chi connectivity index (χ1n) is 7.26. The highest BCUT2D eigenvalue weighted by Crippen LogP contribution is 2.27. The van der Waals surface area contributed by atoms with Gasteiger partial charge in [0.2, 0.25) is 10.0 Å². The average molecular weight is 298 g/mol. The topological polar surface area (TPSA) is 69.3 Å². The fourth-order valence-electron chi connectivity index (χ4n) is 3.40. The number of fused-ring (bicyclic) bond motifs is 1. The summed E-state index contributed by atoms with van der Waals surface area (Å²) in [5.41, 5.74) is 1.20. The molecule has 6 nitrogen and oxygen atoms in total. The third-order valence-corrected chi connectivity index (χ3v) is 6.59. The Morgan fingerprint density at radius 2 is 2.00 bits per heavy atom. The van der Waals surface area contributed by atoms with Gasteiger partial charge in [-0.25, -0.2) is 8.42 Å². The average Bonchev–Trinajstić information content (AvgIpc) is 2.78. The number of rotatable bonds is 2. The van der Waals surface area contributed by atoms with E-state index in [2.05, 4.69) is 15.1 Å². The van der Waals surface area contributed by atoms with Crippen LogP contribution in [-0.2, 0) is 10.0 Å². The number of aryl methyl sites for hydroxylation is 2. The molecule has 0 aromatic carbocycles. The molecule has 1 N–H and O–H groups in total. The van der Waals surface area contributed by atoms with Gasteiger partial charge in [0.05, 0.1) is 11.4 Å². The molecule has 0 spiro atoms. The molecule has 1 aromatic rings. The van der Waals surface area contributed by atoms with Crippen molar-refractivity contribution >= 4 is 10.0 Å². The predicted molar refractivity (Wildman–Crippen MR) is 76.0 cm³/mol. The molecule has 3 heterocycles. The number of piperazine rings is 1. The first-order valence-corrected chi connectivity index (χ1v) is 8.70. The van der Waals surface area contributed by atoms with E-state index in [0.29, 0.717) is 35.4 Å². The van der Waals surface area contributed by atoms with E-state index >= 15 is 0 Å². The van der Waals surface area contributed by atoms with Gasteiger partial charge in [-0.3, -0.25) is 10.00 Å². The van der Waals surface area contributed by atoms with E-state index in [-0.39, 0.29) is 0 Å². The Balaban J connectivity index is 1.85. The second kappa shape index (κ2) is 5.13. The van der Waals surface area contributed by atoms with E-state index < -0.39 is 10.0 Å². The Morgan fingerprint density at radius 1 is 1.20 bits per heavy atom. The molecule has 112 valence electrons. The van der Waals surface area contributed by atoms with Crippen LogP contribution >= 0.6 is 0 Å². The monoisotopic (exact) mass is 298 g/mol. The molecule has 3 rings (SSSR count). The van der Waals surface area contributed by atoms with Gasteiger partial charge < -0.3 is 0 Å². The van der Waals surface area contributed by atoms with Gasteiger partial charge in [-0.15, -0.1) is 0 Å². The highest BCUT2D eigenvalue weighted by Gasteiger charge is 2.37. The quantitative estimate of drug-likeness (QED) is 0.880. The van der Waals surface area contributed by atoms with Crippen molar-refractivity contribution < 1.29 is 8.42 Å². The standard InChI is InChI=1S/C13H22N4O2S/c1-10-13(11(2)15-14-10)20(18,19)17-8-7-16-6-4-3-5-12(16)9-17/h12H,3-9H2,1-2H3,(H,14,15). The van der Waals surface area contributed by atoms with Crippen molar-refractivity contribution in [2.45, 2.75) is 44.0 Å². The van der Waals surface area contributed by atoms with Crippen LogP contribution in [0.2, 0.25) is 0 Å². The van der Waals surface area contributed by atoms with Crippen LogP contribution in [0.25, 0.3) is 0 Å². The SMILES string of the molecule is Cc1n[nH]c(C)c1S(=O)(=O)N1CCN2CCCCC2C1. The minimum atomic E-state index is -3.42. The summed E-state index contributed by atoms with van der Waals surface area (Å²) >= 11 is 0. The Hall–Kier alpha value is -0.920. The van der Waals surface area contributed by atoms with Crippen LogP contribution in [0.15, 0.2) is 4.90 Å². The van der Waals surface area contributed by atoms with Gasteiger partial charge in [0.25, 0.3) is 0 Å². The lowest BCUT2D eigenvalue weighted by Gasteiger charge is -2.43. The third-order valence-electron chi connectivity index (χ3n) is 4.46. The third kappa shape index (κ3) is 2.27. The molecule has 1 atom stereocenters. The summed E-state index contributed by atoms with van der Waals surface area (Å²) in [6.07, 6.45) is 3.55. The molecule has 7 heteroatoms. The molecular formula is C13H22N4O2S. The van der Waals surface area contributed by atoms with Crippen LogP contribution in [0.1, 0.15) is 30.7 Å². The zero-order chi connectivity index (χ0) is 14.3. The second-order valence-corrected chi connectivity index (χ2v) is 7.69. The Labute approximate surface area is 120 Å². The van der Waals surface area contributed by atoms with E-state index in [0.717, 1.165) is 19.5 Å². The molecule has 2 fully saturated rings. The summed E-state index contributed by atoms with van der Waals surface area (Å²) in [4.78, 5) is 2.80. The summed E-state index contributed by atoms with van der Waals surface area (Å²) in [5, 5.41) is 6.79. The zero-order valence-electron chi connectivity index (χ0n) is 12.1. The van der Waals surface area contributed by atoms with E-state index in [1.54, 1.807) is 18.2 Å². The zero-order valence-corrected chi connectivity index (χ0v) is 12.9. The van der Waals surface area contributed by atoms with Crippen molar-refractivity contribution in [3.05, 3.63) is 11.4 Å². The van der Waals surface area contributed by atoms with Gasteiger partial charge in [0, 0.05) is 25.7 Å². The normalized spacial score (nSPS) is 25.6. The van der Waals surface area contributed by atoms with Crippen molar-refractivity contribution in [1.82, 2.24) is 19.4 Å². The van der Waals surface area contributed by atoms with Crippen LogP contribution in [0.3, 0.4) is 0 Å². The lowest BCUT2D eigenvalue weighted by molar-refractivity contribution is 0.0851. The van der Waals surface area contributed by atoms with Crippen molar-refractivity contribution in [2.75, 3.05) is 26.2 Å². The fourth-order valence-corrected chi connectivity index (χ4v) is 5.20. The molecule has 2 saturated heterocycles. The highest BCUT2D eigenvalue weighted by molar-refractivity contribution is 7.89. The number of nitrogens with one attached hydrogen (secondary N) is 1. The molecule has 2 aliphatic rings. The Bertz CT molecular complexity index is 576. The molecule has 1 unspecified atom stereocenters. The molecule has 0 bridgehead atoms. The van der Waals surface area contributed by atoms with Gasteiger partial charge in [-0.05, 0) is 33.2 Å². The van der Waals surface area contributed by atoms with Crippen LogP contribution in [-0.4, -0.2) is 60.0 Å². The van der Waals surface area contributed by atoms with Crippen LogP contribution in [0.4, 0.5) is 0 Å².